The standard InChI is InChI=1S/C22H17N5O/c23-27-21(17-6-8-18(28)9-7-17)22-25-19(15-4-2-1-3-5-15)14-20(26-22)16-10-12-24-13-11-16/h1-14,28H,23H2. The molecule has 3 N–H and O–H groups in total. The summed E-state index contributed by atoms with van der Waals surface area (Å²) in [5.41, 5.74) is 4.53. The highest BCUT2D eigenvalue weighted by atomic mass is 16.3. The molecule has 6 nitrogen and oxygen atoms in total. The van der Waals surface area contributed by atoms with Crippen LogP contribution in [0.25, 0.3) is 22.5 Å². The van der Waals surface area contributed by atoms with Gasteiger partial charge in [-0.1, -0.05) is 30.3 Å². The number of benzene rings is 2. The van der Waals surface area contributed by atoms with Crippen molar-refractivity contribution in [2.75, 3.05) is 0 Å². The number of hydrogen-bond donors (Lipinski definition) is 2. The third-order valence-corrected chi connectivity index (χ3v) is 4.25. The fourth-order valence-corrected chi connectivity index (χ4v) is 2.86. The maximum absolute atomic E-state index is 9.56. The zero-order valence-electron chi connectivity index (χ0n) is 14.9. The van der Waals surface area contributed by atoms with Crippen LogP contribution in [0.4, 0.5) is 0 Å². The summed E-state index contributed by atoms with van der Waals surface area (Å²) in [6.45, 7) is 0. The summed E-state index contributed by atoms with van der Waals surface area (Å²) < 4.78 is 0. The van der Waals surface area contributed by atoms with E-state index in [1.807, 2.05) is 48.5 Å². The molecule has 28 heavy (non-hydrogen) atoms. The first-order valence-corrected chi connectivity index (χ1v) is 8.67. The Hall–Kier alpha value is -4.06. The van der Waals surface area contributed by atoms with Gasteiger partial charge in [0.2, 0.25) is 0 Å². The Morgan fingerprint density at radius 3 is 2.00 bits per heavy atom. The number of aromatic hydroxyl groups is 1. The Morgan fingerprint density at radius 2 is 1.39 bits per heavy atom. The lowest BCUT2D eigenvalue weighted by molar-refractivity contribution is 0.475. The summed E-state index contributed by atoms with van der Waals surface area (Å²) in [5.74, 6) is 6.26. The molecule has 0 saturated heterocycles. The molecule has 4 aromatic rings. The van der Waals surface area contributed by atoms with E-state index in [4.69, 9.17) is 10.8 Å². The summed E-state index contributed by atoms with van der Waals surface area (Å²) in [5, 5.41) is 13.5. The molecule has 4 rings (SSSR count). The summed E-state index contributed by atoms with van der Waals surface area (Å²) in [6.07, 6.45) is 3.44. The summed E-state index contributed by atoms with van der Waals surface area (Å²) in [6, 6.07) is 22.2. The minimum atomic E-state index is 0.163. The first kappa shape index (κ1) is 17.4. The number of nitrogens with zero attached hydrogens (tertiary/aromatic N) is 4. The van der Waals surface area contributed by atoms with Gasteiger partial charge in [-0.25, -0.2) is 9.97 Å². The molecular weight excluding hydrogens is 350 g/mol. The zero-order valence-corrected chi connectivity index (χ0v) is 14.9. The van der Waals surface area contributed by atoms with Gasteiger partial charge in [-0.2, -0.15) is 5.10 Å². The molecule has 0 aliphatic heterocycles. The van der Waals surface area contributed by atoms with Gasteiger partial charge in [-0.05, 0) is 42.5 Å². The second-order valence-corrected chi connectivity index (χ2v) is 6.09. The van der Waals surface area contributed by atoms with Crippen LogP contribution in [0.1, 0.15) is 11.4 Å². The van der Waals surface area contributed by atoms with Gasteiger partial charge in [0, 0.05) is 29.1 Å². The van der Waals surface area contributed by atoms with Gasteiger partial charge >= 0.3 is 0 Å². The largest absolute Gasteiger partial charge is 0.508 e. The highest BCUT2D eigenvalue weighted by Crippen LogP contribution is 2.24. The van der Waals surface area contributed by atoms with Crippen LogP contribution in [0.3, 0.4) is 0 Å². The van der Waals surface area contributed by atoms with E-state index < -0.39 is 0 Å². The minimum Gasteiger partial charge on any atom is -0.508 e. The predicted octanol–water partition coefficient (Wildman–Crippen LogP) is 3.62. The smallest absolute Gasteiger partial charge is 0.181 e. The van der Waals surface area contributed by atoms with E-state index in [0.29, 0.717) is 17.1 Å². The molecule has 0 atom stereocenters. The molecule has 2 heterocycles. The van der Waals surface area contributed by atoms with Crippen LogP contribution in [-0.2, 0) is 0 Å². The number of phenolic OH excluding ortho intramolecular Hbond substituents is 1. The molecule has 6 heteroatoms. The Kier molecular flexibility index (Phi) is 4.76. The average Bonchev–Trinajstić information content (AvgIpc) is 2.77. The highest BCUT2D eigenvalue weighted by molar-refractivity contribution is 6.10. The lowest BCUT2D eigenvalue weighted by Gasteiger charge is -2.10. The van der Waals surface area contributed by atoms with Crippen molar-refractivity contribution in [3.63, 3.8) is 0 Å². The molecule has 0 saturated carbocycles. The number of aromatic nitrogens is 3. The van der Waals surface area contributed by atoms with E-state index in [9.17, 15) is 5.11 Å². The lowest BCUT2D eigenvalue weighted by atomic mass is 10.1. The van der Waals surface area contributed by atoms with E-state index >= 15 is 0 Å². The van der Waals surface area contributed by atoms with Gasteiger partial charge < -0.3 is 10.9 Å². The zero-order chi connectivity index (χ0) is 19.3. The van der Waals surface area contributed by atoms with Crippen LogP contribution in [0.15, 0.2) is 90.3 Å². The van der Waals surface area contributed by atoms with Crippen molar-refractivity contribution >= 4 is 5.71 Å². The second-order valence-electron chi connectivity index (χ2n) is 6.09. The molecule has 2 aromatic carbocycles. The molecule has 0 amide bonds. The molecule has 0 bridgehead atoms. The normalized spacial score (nSPS) is 11.4. The number of hydrogen-bond acceptors (Lipinski definition) is 6. The van der Waals surface area contributed by atoms with Gasteiger partial charge in [0.25, 0.3) is 0 Å². The first-order chi connectivity index (χ1) is 13.7. The summed E-state index contributed by atoms with van der Waals surface area (Å²) in [7, 11) is 0. The third-order valence-electron chi connectivity index (χ3n) is 4.25. The molecule has 0 radical (unpaired) electrons. The fourth-order valence-electron chi connectivity index (χ4n) is 2.86. The number of nitrogens with two attached hydrogens (primary N) is 1. The number of phenols is 1. The average molecular weight is 367 g/mol. The van der Waals surface area contributed by atoms with E-state index in [1.165, 1.54) is 0 Å². The molecular formula is C22H17N5O. The minimum absolute atomic E-state index is 0.163. The van der Waals surface area contributed by atoms with Crippen molar-refractivity contribution in [1.29, 1.82) is 0 Å². The lowest BCUT2D eigenvalue weighted by Crippen LogP contribution is -2.12. The Morgan fingerprint density at radius 1 is 0.786 bits per heavy atom. The summed E-state index contributed by atoms with van der Waals surface area (Å²) >= 11 is 0. The van der Waals surface area contributed by atoms with Gasteiger partial charge in [0.15, 0.2) is 5.82 Å². The quantitative estimate of drug-likeness (QED) is 0.326. The summed E-state index contributed by atoms with van der Waals surface area (Å²) in [4.78, 5) is 13.5. The molecule has 2 aromatic heterocycles. The Bertz CT molecular complexity index is 1050. The van der Waals surface area contributed by atoms with Crippen molar-refractivity contribution in [1.82, 2.24) is 15.0 Å². The van der Waals surface area contributed by atoms with Crippen LogP contribution >= 0.6 is 0 Å². The first-order valence-electron chi connectivity index (χ1n) is 8.67. The number of hydrazone groups is 1. The predicted molar refractivity (Wildman–Crippen MR) is 109 cm³/mol. The second kappa shape index (κ2) is 7.67. The fraction of sp³-hybridized carbons (Fsp3) is 0. The topological polar surface area (TPSA) is 97.3 Å². The van der Waals surface area contributed by atoms with Crippen LogP contribution in [0.5, 0.6) is 5.75 Å². The third kappa shape index (κ3) is 3.57. The Balaban J connectivity index is 1.89. The molecule has 0 spiro atoms. The van der Waals surface area contributed by atoms with Crippen molar-refractivity contribution in [3.8, 4) is 28.3 Å². The van der Waals surface area contributed by atoms with Crippen molar-refractivity contribution in [3.05, 3.63) is 96.6 Å². The molecule has 0 aliphatic carbocycles. The van der Waals surface area contributed by atoms with E-state index in [-0.39, 0.29) is 5.75 Å². The highest BCUT2D eigenvalue weighted by Gasteiger charge is 2.15. The van der Waals surface area contributed by atoms with Gasteiger partial charge in [-0.15, -0.1) is 0 Å². The van der Waals surface area contributed by atoms with E-state index in [1.54, 1.807) is 36.7 Å². The van der Waals surface area contributed by atoms with Crippen LogP contribution < -0.4 is 5.84 Å². The maximum Gasteiger partial charge on any atom is 0.181 e. The molecule has 136 valence electrons. The van der Waals surface area contributed by atoms with Gasteiger partial charge in [-0.3, -0.25) is 4.98 Å². The number of rotatable bonds is 4. The number of pyridine rings is 1. The van der Waals surface area contributed by atoms with Crippen LogP contribution in [0.2, 0.25) is 0 Å². The molecule has 0 aliphatic rings. The SMILES string of the molecule is NN=C(c1ccc(O)cc1)c1nc(-c2ccccc2)cc(-c2ccncc2)n1. The van der Waals surface area contributed by atoms with E-state index in [2.05, 4.69) is 15.1 Å². The van der Waals surface area contributed by atoms with Crippen LogP contribution in [0, 0.1) is 0 Å². The molecule has 0 unspecified atom stereocenters. The van der Waals surface area contributed by atoms with Crippen molar-refractivity contribution in [2.24, 2.45) is 10.9 Å². The van der Waals surface area contributed by atoms with Crippen molar-refractivity contribution < 1.29 is 5.11 Å². The monoisotopic (exact) mass is 367 g/mol. The Labute approximate surface area is 162 Å². The van der Waals surface area contributed by atoms with Crippen LogP contribution in [-0.4, -0.2) is 25.8 Å². The molecule has 0 fully saturated rings. The van der Waals surface area contributed by atoms with Crippen molar-refractivity contribution in [2.45, 2.75) is 0 Å². The van der Waals surface area contributed by atoms with Gasteiger partial charge in [0.05, 0.1) is 11.4 Å². The van der Waals surface area contributed by atoms with Gasteiger partial charge in [0.1, 0.15) is 11.5 Å². The maximum atomic E-state index is 9.56. The van der Waals surface area contributed by atoms with E-state index in [0.717, 1.165) is 22.5 Å².